The van der Waals surface area contributed by atoms with Crippen LogP contribution in [0.5, 0.6) is 11.5 Å². The summed E-state index contributed by atoms with van der Waals surface area (Å²) in [6.45, 7) is 1.12. The average molecular weight is 377 g/mol. The highest BCUT2D eigenvalue weighted by molar-refractivity contribution is 7.89. The van der Waals surface area contributed by atoms with Crippen LogP contribution >= 0.6 is 0 Å². The molecule has 9 heteroatoms. The van der Waals surface area contributed by atoms with Gasteiger partial charge in [0.1, 0.15) is 11.5 Å². The van der Waals surface area contributed by atoms with E-state index in [0.717, 1.165) is 0 Å². The van der Waals surface area contributed by atoms with E-state index in [-0.39, 0.29) is 10.6 Å². The minimum absolute atomic E-state index is 0.0513. The van der Waals surface area contributed by atoms with E-state index in [2.05, 4.69) is 15.2 Å². The largest absolute Gasteiger partial charge is 0.507 e. The second-order valence-corrected chi connectivity index (χ2v) is 7.02. The molecule has 0 aliphatic heterocycles. The van der Waals surface area contributed by atoms with Gasteiger partial charge in [0.2, 0.25) is 10.0 Å². The highest BCUT2D eigenvalue weighted by Gasteiger charge is 2.14. The summed E-state index contributed by atoms with van der Waals surface area (Å²) < 4.78 is 31.2. The summed E-state index contributed by atoms with van der Waals surface area (Å²) >= 11 is 0. The maximum Gasteiger partial charge on any atom is 0.255 e. The average Bonchev–Trinajstić information content (AvgIpc) is 2.65. The zero-order valence-corrected chi connectivity index (χ0v) is 15.1. The Morgan fingerprint density at radius 3 is 2.50 bits per heavy atom. The van der Waals surface area contributed by atoms with Crippen molar-refractivity contribution in [3.8, 4) is 11.5 Å². The molecule has 0 atom stereocenters. The number of hydrazone groups is 1. The summed E-state index contributed by atoms with van der Waals surface area (Å²) in [5.41, 5.74) is 3.00. The van der Waals surface area contributed by atoms with Crippen molar-refractivity contribution >= 4 is 21.6 Å². The fourth-order valence-corrected chi connectivity index (χ4v) is 3.04. The lowest BCUT2D eigenvalue weighted by atomic mass is 10.1. The third-order valence-corrected chi connectivity index (χ3v) is 4.84. The first-order chi connectivity index (χ1) is 12.3. The number of sulfonamides is 1. The van der Waals surface area contributed by atoms with Crippen LogP contribution in [0.3, 0.4) is 0 Å². The fourth-order valence-electron chi connectivity index (χ4n) is 2.03. The number of methoxy groups -OCH3 is 1. The molecule has 0 bridgehead atoms. The van der Waals surface area contributed by atoms with E-state index in [0.29, 0.717) is 17.0 Å². The van der Waals surface area contributed by atoms with Crippen molar-refractivity contribution in [2.45, 2.75) is 11.8 Å². The van der Waals surface area contributed by atoms with Gasteiger partial charge >= 0.3 is 0 Å². The Hall–Kier alpha value is -2.91. The molecule has 0 radical (unpaired) electrons. The molecule has 0 fully saturated rings. The van der Waals surface area contributed by atoms with E-state index >= 15 is 0 Å². The molecule has 0 spiro atoms. The Bertz CT molecular complexity index is 911. The molecule has 0 unspecified atom stereocenters. The lowest BCUT2D eigenvalue weighted by Gasteiger charge is -2.08. The number of rotatable bonds is 7. The number of benzene rings is 2. The Morgan fingerprint density at radius 1 is 1.19 bits per heavy atom. The van der Waals surface area contributed by atoms with Crippen LogP contribution < -0.4 is 14.9 Å². The third-order valence-electron chi connectivity index (χ3n) is 3.42. The van der Waals surface area contributed by atoms with Crippen LogP contribution in [0.1, 0.15) is 12.5 Å². The zero-order valence-electron chi connectivity index (χ0n) is 14.3. The van der Waals surface area contributed by atoms with Crippen molar-refractivity contribution in [2.24, 2.45) is 5.10 Å². The third kappa shape index (κ3) is 5.04. The van der Waals surface area contributed by atoms with Crippen molar-refractivity contribution in [1.82, 2.24) is 10.1 Å². The van der Waals surface area contributed by atoms with Crippen LogP contribution in [0.15, 0.2) is 58.5 Å². The van der Waals surface area contributed by atoms with Gasteiger partial charge in [-0.3, -0.25) is 4.79 Å². The molecule has 2 rings (SSSR count). The Kier molecular flexibility index (Phi) is 6.31. The molecule has 3 N–H and O–H groups in total. The number of amides is 1. The zero-order chi connectivity index (χ0) is 19.2. The Morgan fingerprint density at radius 2 is 1.88 bits per heavy atom. The van der Waals surface area contributed by atoms with E-state index in [1.807, 2.05) is 0 Å². The van der Waals surface area contributed by atoms with E-state index in [4.69, 9.17) is 4.74 Å². The van der Waals surface area contributed by atoms with Crippen molar-refractivity contribution in [1.29, 1.82) is 0 Å². The standard InChI is InChI=1S/C17H19N3O5S/c1-12(15-9-8-13(25-2)10-16(15)21)19-20-17(22)11-18-26(23,24)14-6-4-3-5-7-14/h3-10,18,21H,11H2,1-2H3,(H,20,22)/b19-12+. The molecule has 1 amide bonds. The number of nitrogens with zero attached hydrogens (tertiary/aromatic N) is 1. The number of carbonyl (C=O) groups excluding carboxylic acids is 1. The molecule has 0 saturated carbocycles. The van der Waals surface area contributed by atoms with Crippen LogP contribution in [0.2, 0.25) is 0 Å². The fraction of sp³-hybridized carbons (Fsp3) is 0.176. The van der Waals surface area contributed by atoms with E-state index in [9.17, 15) is 18.3 Å². The first-order valence-corrected chi connectivity index (χ1v) is 9.07. The molecule has 0 saturated heterocycles. The van der Waals surface area contributed by atoms with Crippen LogP contribution in [0.4, 0.5) is 0 Å². The van der Waals surface area contributed by atoms with Gasteiger partial charge in [0.05, 0.1) is 24.3 Å². The highest BCUT2D eigenvalue weighted by Crippen LogP contribution is 2.23. The predicted octanol–water partition coefficient (Wildman–Crippen LogP) is 1.22. The second-order valence-electron chi connectivity index (χ2n) is 5.25. The number of phenolic OH excluding ortho intramolecular Hbond substituents is 1. The molecule has 2 aromatic carbocycles. The number of ether oxygens (including phenoxy) is 1. The summed E-state index contributed by atoms with van der Waals surface area (Å²) in [7, 11) is -2.30. The lowest BCUT2D eigenvalue weighted by Crippen LogP contribution is -2.35. The summed E-state index contributed by atoms with van der Waals surface area (Å²) in [5, 5.41) is 13.8. The second kappa shape index (κ2) is 8.45. The van der Waals surface area contributed by atoms with E-state index in [1.54, 1.807) is 37.3 Å². The maximum absolute atomic E-state index is 12.0. The number of hydrogen-bond donors (Lipinski definition) is 3. The minimum atomic E-state index is -3.77. The van der Waals surface area contributed by atoms with E-state index in [1.165, 1.54) is 25.3 Å². The summed E-state index contributed by atoms with van der Waals surface area (Å²) in [6.07, 6.45) is 0. The van der Waals surface area contributed by atoms with Crippen molar-refractivity contribution in [2.75, 3.05) is 13.7 Å². The smallest absolute Gasteiger partial charge is 0.255 e. The number of carbonyl (C=O) groups is 1. The van der Waals surface area contributed by atoms with Gasteiger partial charge in [0.25, 0.3) is 5.91 Å². The molecule has 26 heavy (non-hydrogen) atoms. The molecule has 0 aliphatic carbocycles. The van der Waals surface area contributed by atoms with Crippen LogP contribution in [-0.2, 0) is 14.8 Å². The Balaban J connectivity index is 1.96. The molecule has 8 nitrogen and oxygen atoms in total. The van der Waals surface area contributed by atoms with Crippen molar-refractivity contribution < 1.29 is 23.1 Å². The van der Waals surface area contributed by atoms with Crippen molar-refractivity contribution in [3.05, 3.63) is 54.1 Å². The SMILES string of the molecule is COc1ccc(/C(C)=N/NC(=O)CNS(=O)(=O)c2ccccc2)c(O)c1. The normalized spacial score (nSPS) is 11.8. The summed E-state index contributed by atoms with van der Waals surface area (Å²) in [6, 6.07) is 12.4. The van der Waals surface area contributed by atoms with Crippen molar-refractivity contribution in [3.63, 3.8) is 0 Å². The van der Waals surface area contributed by atoms with Crippen LogP contribution in [0.25, 0.3) is 0 Å². The van der Waals surface area contributed by atoms with Gasteiger partial charge in [0.15, 0.2) is 0 Å². The lowest BCUT2D eigenvalue weighted by molar-refractivity contribution is -0.119. The molecule has 138 valence electrons. The molecule has 0 aliphatic rings. The highest BCUT2D eigenvalue weighted by atomic mass is 32.2. The number of phenols is 1. The Labute approximate surface area is 151 Å². The number of aromatic hydroxyl groups is 1. The van der Waals surface area contributed by atoms with Gasteiger partial charge < -0.3 is 9.84 Å². The predicted molar refractivity (Wildman–Crippen MR) is 96.6 cm³/mol. The molecule has 2 aromatic rings. The van der Waals surface area contributed by atoms with Crippen LogP contribution in [0, 0.1) is 0 Å². The molecular formula is C17H19N3O5S. The first-order valence-electron chi connectivity index (χ1n) is 7.58. The van der Waals surface area contributed by atoms with E-state index < -0.39 is 22.5 Å². The van der Waals surface area contributed by atoms with Gasteiger partial charge in [0, 0.05) is 11.6 Å². The summed E-state index contributed by atoms with van der Waals surface area (Å²) in [4.78, 5) is 11.9. The minimum Gasteiger partial charge on any atom is -0.507 e. The van der Waals surface area contributed by atoms with Crippen LogP contribution in [-0.4, -0.2) is 38.8 Å². The topological polar surface area (TPSA) is 117 Å². The number of nitrogens with one attached hydrogen (secondary N) is 2. The quantitative estimate of drug-likeness (QED) is 0.495. The maximum atomic E-state index is 12.0. The van der Waals surface area contributed by atoms with Gasteiger partial charge in [-0.1, -0.05) is 18.2 Å². The van der Waals surface area contributed by atoms with Gasteiger partial charge in [-0.25, -0.2) is 18.6 Å². The summed E-state index contributed by atoms with van der Waals surface area (Å²) in [5.74, 6) is -0.208. The monoisotopic (exact) mass is 377 g/mol. The first kappa shape index (κ1) is 19.4. The molecular weight excluding hydrogens is 358 g/mol. The molecule has 0 aromatic heterocycles. The van der Waals surface area contributed by atoms with Gasteiger partial charge in [-0.2, -0.15) is 5.10 Å². The van der Waals surface area contributed by atoms with Gasteiger partial charge in [-0.15, -0.1) is 0 Å². The number of hydrogen-bond acceptors (Lipinski definition) is 6. The van der Waals surface area contributed by atoms with Gasteiger partial charge in [-0.05, 0) is 31.2 Å². The molecule has 0 heterocycles.